The van der Waals surface area contributed by atoms with Crippen molar-refractivity contribution in [2.75, 3.05) is 0 Å². The molecule has 1 heterocycles. The third kappa shape index (κ3) is 3.02. The summed E-state index contributed by atoms with van der Waals surface area (Å²) in [5.74, 6) is -0.277. The van der Waals surface area contributed by atoms with E-state index in [2.05, 4.69) is 10.3 Å². The van der Waals surface area contributed by atoms with Crippen LogP contribution in [0, 0.1) is 5.92 Å². The number of amides is 2. The summed E-state index contributed by atoms with van der Waals surface area (Å²) in [6, 6.07) is 8.52. The highest BCUT2D eigenvalue weighted by molar-refractivity contribution is 6.06. The Morgan fingerprint density at radius 1 is 1.29 bits per heavy atom. The summed E-state index contributed by atoms with van der Waals surface area (Å²) in [5.41, 5.74) is 6.48. The molecule has 1 aromatic heterocycles. The standard InChI is InChI=1S/C16H17N3O2/c17-15(20)13(9-10-6-7-10)19-16(21)12-5-1-3-11-4-2-8-18-14(11)12/h1-5,8,10,13H,6-7,9H2,(H2,17,20)(H,19,21)/t13-/m1/s1. The minimum atomic E-state index is -0.607. The summed E-state index contributed by atoms with van der Waals surface area (Å²) in [6.45, 7) is 0. The molecule has 1 aliphatic carbocycles. The van der Waals surface area contributed by atoms with Crippen molar-refractivity contribution in [3.63, 3.8) is 0 Å². The largest absolute Gasteiger partial charge is 0.368 e. The van der Waals surface area contributed by atoms with Crippen LogP contribution in [0.4, 0.5) is 0 Å². The second-order valence-electron chi connectivity index (χ2n) is 5.49. The van der Waals surface area contributed by atoms with Gasteiger partial charge in [0.15, 0.2) is 0 Å². The van der Waals surface area contributed by atoms with Crippen molar-refractivity contribution in [2.45, 2.75) is 25.3 Å². The molecule has 0 bridgehead atoms. The summed E-state index contributed by atoms with van der Waals surface area (Å²) in [5, 5.41) is 3.63. The molecular weight excluding hydrogens is 266 g/mol. The van der Waals surface area contributed by atoms with Crippen molar-refractivity contribution < 1.29 is 9.59 Å². The summed E-state index contributed by atoms with van der Waals surface area (Å²) in [6.07, 6.45) is 4.49. The predicted octanol–water partition coefficient (Wildman–Crippen LogP) is 1.62. The zero-order valence-corrected chi connectivity index (χ0v) is 11.6. The molecule has 108 valence electrons. The van der Waals surface area contributed by atoms with E-state index in [4.69, 9.17) is 5.73 Å². The van der Waals surface area contributed by atoms with Crippen molar-refractivity contribution in [1.82, 2.24) is 10.3 Å². The average molecular weight is 283 g/mol. The number of carbonyl (C=O) groups is 2. The zero-order chi connectivity index (χ0) is 14.8. The first-order valence-electron chi connectivity index (χ1n) is 7.09. The van der Waals surface area contributed by atoms with E-state index in [1.807, 2.05) is 18.2 Å². The Balaban J connectivity index is 1.84. The molecule has 1 atom stereocenters. The molecule has 21 heavy (non-hydrogen) atoms. The molecule has 3 N–H and O–H groups in total. The van der Waals surface area contributed by atoms with Crippen LogP contribution in [-0.2, 0) is 4.79 Å². The van der Waals surface area contributed by atoms with Crippen molar-refractivity contribution in [3.05, 3.63) is 42.1 Å². The molecule has 0 aliphatic heterocycles. The number of fused-ring (bicyclic) bond motifs is 1. The fourth-order valence-electron chi connectivity index (χ4n) is 2.46. The summed E-state index contributed by atoms with van der Waals surface area (Å²) >= 11 is 0. The van der Waals surface area contributed by atoms with Gasteiger partial charge < -0.3 is 11.1 Å². The maximum Gasteiger partial charge on any atom is 0.254 e. The fraction of sp³-hybridized carbons (Fsp3) is 0.312. The van der Waals surface area contributed by atoms with E-state index in [9.17, 15) is 9.59 Å². The number of para-hydroxylation sites is 1. The van der Waals surface area contributed by atoms with Gasteiger partial charge >= 0.3 is 0 Å². The van der Waals surface area contributed by atoms with Gasteiger partial charge in [-0.2, -0.15) is 0 Å². The van der Waals surface area contributed by atoms with Gasteiger partial charge in [-0.15, -0.1) is 0 Å². The highest BCUT2D eigenvalue weighted by Crippen LogP contribution is 2.33. The van der Waals surface area contributed by atoms with E-state index >= 15 is 0 Å². The monoisotopic (exact) mass is 283 g/mol. The van der Waals surface area contributed by atoms with Crippen molar-refractivity contribution in [2.24, 2.45) is 11.7 Å². The molecule has 0 unspecified atom stereocenters. The Morgan fingerprint density at radius 3 is 2.76 bits per heavy atom. The van der Waals surface area contributed by atoms with Crippen LogP contribution >= 0.6 is 0 Å². The van der Waals surface area contributed by atoms with Crippen molar-refractivity contribution in [1.29, 1.82) is 0 Å². The lowest BCUT2D eigenvalue weighted by Gasteiger charge is -2.15. The van der Waals surface area contributed by atoms with Gasteiger partial charge in [0, 0.05) is 11.6 Å². The quantitative estimate of drug-likeness (QED) is 0.874. The Labute approximate surface area is 122 Å². The molecule has 5 heteroatoms. The Bertz CT molecular complexity index is 689. The third-order valence-electron chi connectivity index (χ3n) is 3.79. The highest BCUT2D eigenvalue weighted by atomic mass is 16.2. The number of hydrogen-bond donors (Lipinski definition) is 2. The number of rotatable bonds is 5. The number of benzene rings is 1. The van der Waals surface area contributed by atoms with Crippen LogP contribution in [0.25, 0.3) is 10.9 Å². The van der Waals surface area contributed by atoms with E-state index in [1.165, 1.54) is 0 Å². The smallest absolute Gasteiger partial charge is 0.254 e. The van der Waals surface area contributed by atoms with E-state index in [0.717, 1.165) is 18.2 Å². The maximum absolute atomic E-state index is 12.4. The average Bonchev–Trinajstić information content (AvgIpc) is 3.29. The number of nitrogens with zero attached hydrogens (tertiary/aromatic N) is 1. The number of pyridine rings is 1. The molecular formula is C16H17N3O2. The minimum absolute atomic E-state index is 0.302. The Kier molecular flexibility index (Phi) is 3.56. The zero-order valence-electron chi connectivity index (χ0n) is 11.6. The van der Waals surface area contributed by atoms with Crippen LogP contribution in [0.15, 0.2) is 36.5 Å². The number of hydrogen-bond acceptors (Lipinski definition) is 3. The number of aromatic nitrogens is 1. The summed E-state index contributed by atoms with van der Waals surface area (Å²) in [7, 11) is 0. The maximum atomic E-state index is 12.4. The molecule has 0 spiro atoms. The Hall–Kier alpha value is -2.43. The van der Waals surface area contributed by atoms with Gasteiger partial charge in [0.05, 0.1) is 11.1 Å². The van der Waals surface area contributed by atoms with Gasteiger partial charge in [0.25, 0.3) is 5.91 Å². The van der Waals surface area contributed by atoms with Crippen LogP contribution in [0.2, 0.25) is 0 Å². The van der Waals surface area contributed by atoms with Gasteiger partial charge in [-0.3, -0.25) is 14.6 Å². The van der Waals surface area contributed by atoms with Gasteiger partial charge in [-0.05, 0) is 24.5 Å². The Morgan fingerprint density at radius 2 is 2.05 bits per heavy atom. The van der Waals surface area contributed by atoms with Crippen LogP contribution in [0.1, 0.15) is 29.6 Å². The van der Waals surface area contributed by atoms with Crippen LogP contribution in [0.3, 0.4) is 0 Å². The van der Waals surface area contributed by atoms with Crippen LogP contribution < -0.4 is 11.1 Å². The van der Waals surface area contributed by atoms with Crippen LogP contribution in [0.5, 0.6) is 0 Å². The number of primary amides is 1. The van der Waals surface area contributed by atoms with Gasteiger partial charge in [-0.1, -0.05) is 31.0 Å². The van der Waals surface area contributed by atoms with Crippen molar-refractivity contribution >= 4 is 22.7 Å². The molecule has 1 aliphatic rings. The first kappa shape index (κ1) is 13.5. The summed E-state index contributed by atoms with van der Waals surface area (Å²) < 4.78 is 0. The summed E-state index contributed by atoms with van der Waals surface area (Å²) in [4.78, 5) is 28.2. The lowest BCUT2D eigenvalue weighted by molar-refractivity contribution is -0.120. The van der Waals surface area contributed by atoms with E-state index < -0.39 is 11.9 Å². The first-order chi connectivity index (χ1) is 10.1. The van der Waals surface area contributed by atoms with Gasteiger partial charge in [0.2, 0.25) is 5.91 Å². The molecule has 3 rings (SSSR count). The molecule has 0 saturated heterocycles. The number of carbonyl (C=O) groups excluding carboxylic acids is 2. The van der Waals surface area contributed by atoms with E-state index in [-0.39, 0.29) is 5.91 Å². The molecule has 1 fully saturated rings. The molecule has 2 amide bonds. The first-order valence-corrected chi connectivity index (χ1v) is 7.09. The predicted molar refractivity (Wildman–Crippen MR) is 79.5 cm³/mol. The van der Waals surface area contributed by atoms with Gasteiger partial charge in [-0.25, -0.2) is 0 Å². The second-order valence-corrected chi connectivity index (χ2v) is 5.49. The molecule has 0 radical (unpaired) electrons. The van der Waals surface area contributed by atoms with E-state index in [0.29, 0.717) is 23.4 Å². The normalized spacial score (nSPS) is 15.6. The lowest BCUT2D eigenvalue weighted by Crippen LogP contribution is -2.44. The topological polar surface area (TPSA) is 85.1 Å². The fourth-order valence-corrected chi connectivity index (χ4v) is 2.46. The lowest BCUT2D eigenvalue weighted by atomic mass is 10.1. The van der Waals surface area contributed by atoms with E-state index in [1.54, 1.807) is 18.3 Å². The number of nitrogens with one attached hydrogen (secondary N) is 1. The molecule has 5 nitrogen and oxygen atoms in total. The number of nitrogens with two attached hydrogens (primary N) is 1. The SMILES string of the molecule is NC(=O)[C@@H](CC1CC1)NC(=O)c1cccc2cccnc12. The minimum Gasteiger partial charge on any atom is -0.368 e. The third-order valence-corrected chi connectivity index (χ3v) is 3.79. The van der Waals surface area contributed by atoms with Gasteiger partial charge in [0.1, 0.15) is 6.04 Å². The van der Waals surface area contributed by atoms with Crippen molar-refractivity contribution in [3.8, 4) is 0 Å². The highest BCUT2D eigenvalue weighted by Gasteiger charge is 2.29. The second kappa shape index (κ2) is 5.52. The molecule has 1 saturated carbocycles. The molecule has 1 aromatic carbocycles. The molecule has 2 aromatic rings. The van der Waals surface area contributed by atoms with Crippen LogP contribution in [-0.4, -0.2) is 22.8 Å².